The van der Waals surface area contributed by atoms with Crippen molar-refractivity contribution in [3.63, 3.8) is 0 Å². The van der Waals surface area contributed by atoms with Gasteiger partial charge in [0.05, 0.1) is 5.02 Å². The highest BCUT2D eigenvalue weighted by molar-refractivity contribution is 6.36. The van der Waals surface area contributed by atoms with Crippen LogP contribution in [0.5, 0.6) is 5.75 Å². The van der Waals surface area contributed by atoms with Crippen LogP contribution >= 0.6 is 23.2 Å². The third-order valence-electron chi connectivity index (χ3n) is 1.69. The molecule has 0 aliphatic rings. The Hall–Kier alpha value is -0.400. The molecule has 1 N–H and O–H groups in total. The number of aromatic hydroxyl groups is 1. The van der Waals surface area contributed by atoms with Crippen LogP contribution in [0.25, 0.3) is 0 Å². The van der Waals surface area contributed by atoms with Crippen LogP contribution in [-0.2, 0) is 0 Å². The fourth-order valence-corrected chi connectivity index (χ4v) is 1.60. The first-order chi connectivity index (χ1) is 5.52. The minimum Gasteiger partial charge on any atom is -0.506 e. The lowest BCUT2D eigenvalue weighted by atomic mass is 10.0. The number of hydrogen-bond donors (Lipinski definition) is 1. The van der Waals surface area contributed by atoms with Crippen LogP contribution in [0, 0.1) is 0 Å². The summed E-state index contributed by atoms with van der Waals surface area (Å²) in [6.07, 6.45) is 0. The van der Waals surface area contributed by atoms with Crippen molar-refractivity contribution < 1.29 is 5.11 Å². The van der Waals surface area contributed by atoms with Crippen LogP contribution in [-0.4, -0.2) is 5.11 Å². The number of halogens is 2. The highest BCUT2D eigenvalue weighted by Gasteiger charge is 2.08. The van der Waals surface area contributed by atoms with E-state index in [9.17, 15) is 5.11 Å². The highest BCUT2D eigenvalue weighted by atomic mass is 35.5. The van der Waals surface area contributed by atoms with Crippen LogP contribution in [0.4, 0.5) is 0 Å². The molecule has 0 fully saturated rings. The van der Waals surface area contributed by atoms with Gasteiger partial charge in [0.1, 0.15) is 5.75 Å². The zero-order valence-electron chi connectivity index (χ0n) is 6.94. The van der Waals surface area contributed by atoms with Crippen LogP contribution in [0.3, 0.4) is 0 Å². The van der Waals surface area contributed by atoms with Crippen LogP contribution in [0.15, 0.2) is 12.1 Å². The van der Waals surface area contributed by atoms with E-state index in [4.69, 9.17) is 23.2 Å². The molecule has 1 aromatic rings. The summed E-state index contributed by atoms with van der Waals surface area (Å²) < 4.78 is 0. The summed E-state index contributed by atoms with van der Waals surface area (Å²) in [4.78, 5) is 0. The number of benzene rings is 1. The van der Waals surface area contributed by atoms with Gasteiger partial charge in [-0.05, 0) is 23.6 Å². The molecule has 0 bridgehead atoms. The molecule has 0 aliphatic carbocycles. The summed E-state index contributed by atoms with van der Waals surface area (Å²) in [6.45, 7) is 4.02. The molecule has 0 radical (unpaired) electrons. The van der Waals surface area contributed by atoms with E-state index in [1.165, 1.54) is 0 Å². The van der Waals surface area contributed by atoms with Crippen molar-refractivity contribution in [1.82, 2.24) is 0 Å². The van der Waals surface area contributed by atoms with Gasteiger partial charge in [-0.2, -0.15) is 0 Å². The first kappa shape index (κ1) is 9.69. The standard InChI is InChI=1S/C9H10Cl2O/c1-5(2)6-3-9(12)8(11)4-7(6)10/h3-5,12H,1-2H3. The molecule has 12 heavy (non-hydrogen) atoms. The Bertz CT molecular complexity index is 295. The van der Waals surface area contributed by atoms with Crippen molar-refractivity contribution in [2.24, 2.45) is 0 Å². The van der Waals surface area contributed by atoms with Crippen molar-refractivity contribution >= 4 is 23.2 Å². The molecule has 0 saturated heterocycles. The van der Waals surface area contributed by atoms with Crippen molar-refractivity contribution in [3.05, 3.63) is 27.7 Å². The maximum absolute atomic E-state index is 9.28. The predicted octanol–water partition coefficient (Wildman–Crippen LogP) is 3.82. The first-order valence-corrected chi connectivity index (χ1v) is 4.46. The zero-order valence-corrected chi connectivity index (χ0v) is 8.45. The van der Waals surface area contributed by atoms with Gasteiger partial charge in [-0.1, -0.05) is 37.0 Å². The lowest BCUT2D eigenvalue weighted by Gasteiger charge is -2.08. The molecule has 0 aromatic heterocycles. The minimum atomic E-state index is 0.0877. The molecule has 0 saturated carbocycles. The summed E-state index contributed by atoms with van der Waals surface area (Å²) in [5, 5.41) is 10.2. The fourth-order valence-electron chi connectivity index (χ4n) is 0.996. The van der Waals surface area contributed by atoms with Crippen molar-refractivity contribution in [1.29, 1.82) is 0 Å². The van der Waals surface area contributed by atoms with Gasteiger partial charge in [-0.25, -0.2) is 0 Å². The molecule has 1 rings (SSSR count). The smallest absolute Gasteiger partial charge is 0.134 e. The summed E-state index contributed by atoms with van der Waals surface area (Å²) in [7, 11) is 0. The van der Waals surface area contributed by atoms with Gasteiger partial charge in [0.15, 0.2) is 0 Å². The van der Waals surface area contributed by atoms with Gasteiger partial charge in [-0.15, -0.1) is 0 Å². The Morgan fingerprint density at radius 3 is 2.25 bits per heavy atom. The number of hydrogen-bond acceptors (Lipinski definition) is 1. The third kappa shape index (κ3) is 1.85. The average Bonchev–Trinajstić information content (AvgIpc) is 1.96. The van der Waals surface area contributed by atoms with E-state index >= 15 is 0 Å². The van der Waals surface area contributed by atoms with E-state index in [0.717, 1.165) is 5.56 Å². The maximum atomic E-state index is 9.28. The Kier molecular flexibility index (Phi) is 2.86. The molecule has 66 valence electrons. The summed E-state index contributed by atoms with van der Waals surface area (Å²) in [5.41, 5.74) is 0.915. The molecule has 0 unspecified atom stereocenters. The highest BCUT2D eigenvalue weighted by Crippen LogP contribution is 2.33. The van der Waals surface area contributed by atoms with Gasteiger partial charge in [-0.3, -0.25) is 0 Å². The number of phenolic OH excluding ortho intramolecular Hbond substituents is 1. The Labute approximate surface area is 81.9 Å². The predicted molar refractivity (Wildman–Crippen MR) is 52.2 cm³/mol. The Morgan fingerprint density at radius 1 is 1.17 bits per heavy atom. The third-order valence-corrected chi connectivity index (χ3v) is 2.32. The maximum Gasteiger partial charge on any atom is 0.134 e. The summed E-state index contributed by atoms with van der Waals surface area (Å²) in [5.74, 6) is 0.380. The normalized spacial score (nSPS) is 10.8. The van der Waals surface area contributed by atoms with Gasteiger partial charge < -0.3 is 5.11 Å². The van der Waals surface area contributed by atoms with Crippen molar-refractivity contribution in [3.8, 4) is 5.75 Å². The van der Waals surface area contributed by atoms with Crippen LogP contribution < -0.4 is 0 Å². The molecule has 0 amide bonds. The lowest BCUT2D eigenvalue weighted by Crippen LogP contribution is -1.88. The SMILES string of the molecule is CC(C)c1cc(O)c(Cl)cc1Cl. The van der Waals surface area contributed by atoms with Gasteiger partial charge in [0.2, 0.25) is 0 Å². The van der Waals surface area contributed by atoms with E-state index in [1.54, 1.807) is 12.1 Å². The molecule has 0 spiro atoms. The molecular weight excluding hydrogens is 195 g/mol. The molecule has 0 heterocycles. The second-order valence-corrected chi connectivity index (χ2v) is 3.79. The quantitative estimate of drug-likeness (QED) is 0.738. The molecule has 0 aliphatic heterocycles. The van der Waals surface area contributed by atoms with E-state index in [2.05, 4.69) is 0 Å². The second kappa shape index (κ2) is 3.55. The number of rotatable bonds is 1. The average molecular weight is 205 g/mol. The van der Waals surface area contributed by atoms with E-state index in [-0.39, 0.29) is 5.75 Å². The minimum absolute atomic E-state index is 0.0877. The fraction of sp³-hybridized carbons (Fsp3) is 0.333. The molecule has 1 aromatic carbocycles. The Morgan fingerprint density at radius 2 is 1.75 bits per heavy atom. The zero-order chi connectivity index (χ0) is 9.30. The summed E-state index contributed by atoms with van der Waals surface area (Å²) in [6, 6.07) is 3.17. The van der Waals surface area contributed by atoms with Crippen LogP contribution in [0.2, 0.25) is 10.0 Å². The second-order valence-electron chi connectivity index (χ2n) is 2.98. The van der Waals surface area contributed by atoms with Gasteiger partial charge in [0.25, 0.3) is 0 Å². The first-order valence-electron chi connectivity index (χ1n) is 3.70. The summed E-state index contributed by atoms with van der Waals surface area (Å²) >= 11 is 11.6. The van der Waals surface area contributed by atoms with Crippen molar-refractivity contribution in [2.75, 3.05) is 0 Å². The molecule has 3 heteroatoms. The van der Waals surface area contributed by atoms with E-state index < -0.39 is 0 Å². The van der Waals surface area contributed by atoms with Gasteiger partial charge >= 0.3 is 0 Å². The molecule has 0 atom stereocenters. The van der Waals surface area contributed by atoms with E-state index in [0.29, 0.717) is 16.0 Å². The van der Waals surface area contributed by atoms with E-state index in [1.807, 2.05) is 13.8 Å². The monoisotopic (exact) mass is 204 g/mol. The van der Waals surface area contributed by atoms with Crippen molar-refractivity contribution in [2.45, 2.75) is 19.8 Å². The van der Waals surface area contributed by atoms with Crippen LogP contribution in [0.1, 0.15) is 25.3 Å². The molecule has 1 nitrogen and oxygen atoms in total. The number of phenols is 1. The largest absolute Gasteiger partial charge is 0.506 e. The van der Waals surface area contributed by atoms with Gasteiger partial charge in [0, 0.05) is 5.02 Å². The Balaban J connectivity index is 3.23. The lowest BCUT2D eigenvalue weighted by molar-refractivity contribution is 0.474. The topological polar surface area (TPSA) is 20.2 Å². The molecular formula is C9H10Cl2O.